The van der Waals surface area contributed by atoms with E-state index in [9.17, 15) is 18.0 Å². The molecule has 1 atom stereocenters. The van der Waals surface area contributed by atoms with E-state index in [2.05, 4.69) is 5.16 Å². The average molecular weight is 443 g/mol. The minimum absolute atomic E-state index is 0.0842. The van der Waals surface area contributed by atoms with E-state index >= 15 is 0 Å². The SMILES string of the molecule is O=CCN1Cc2ccc(C3=NOC(c4cc(Cl)cc(Cl)c4)(C(F)(F)F)C3)cc2C1. The molecule has 0 bridgehead atoms. The van der Waals surface area contributed by atoms with Gasteiger partial charge in [-0.25, -0.2) is 0 Å². The smallest absolute Gasteiger partial charge is 0.374 e. The van der Waals surface area contributed by atoms with E-state index in [0.717, 1.165) is 17.4 Å². The Labute approximate surface area is 174 Å². The monoisotopic (exact) mass is 442 g/mol. The fraction of sp³-hybridized carbons (Fsp3) is 0.300. The molecular weight excluding hydrogens is 428 g/mol. The van der Waals surface area contributed by atoms with Gasteiger partial charge in [-0.1, -0.05) is 40.5 Å². The summed E-state index contributed by atoms with van der Waals surface area (Å²) in [6.45, 7) is 1.50. The van der Waals surface area contributed by atoms with E-state index in [1.54, 1.807) is 12.1 Å². The molecule has 4 rings (SSSR count). The summed E-state index contributed by atoms with van der Waals surface area (Å²) in [5.41, 5.74) is -0.105. The standard InChI is InChI=1S/C20H15Cl2F3N2O2/c21-16-6-15(7-17(22)8-16)19(20(23,24)25)9-18(26-29-19)12-1-2-13-10-27(3-4-28)11-14(13)5-12/h1-2,4-8H,3,9-11H2. The lowest BCUT2D eigenvalue weighted by atomic mass is 9.86. The van der Waals surface area contributed by atoms with Crippen LogP contribution in [0.3, 0.4) is 0 Å². The summed E-state index contributed by atoms with van der Waals surface area (Å²) < 4.78 is 42.3. The van der Waals surface area contributed by atoms with Crippen LogP contribution in [0.2, 0.25) is 10.0 Å². The van der Waals surface area contributed by atoms with Crippen molar-refractivity contribution in [2.45, 2.75) is 31.3 Å². The number of nitrogens with zero attached hydrogens (tertiary/aromatic N) is 2. The molecule has 4 nitrogen and oxygen atoms in total. The Morgan fingerprint density at radius 2 is 1.79 bits per heavy atom. The maximum Gasteiger partial charge on any atom is 0.435 e. The Bertz CT molecular complexity index is 989. The van der Waals surface area contributed by atoms with E-state index in [1.165, 1.54) is 18.2 Å². The number of hydrogen-bond donors (Lipinski definition) is 0. The first-order chi connectivity index (χ1) is 13.7. The Morgan fingerprint density at radius 3 is 2.45 bits per heavy atom. The maximum absolute atomic E-state index is 14.1. The molecule has 29 heavy (non-hydrogen) atoms. The highest BCUT2D eigenvalue weighted by atomic mass is 35.5. The first kappa shape index (κ1) is 20.2. The number of carbonyl (C=O) groups is 1. The quantitative estimate of drug-likeness (QED) is 0.619. The van der Waals surface area contributed by atoms with Crippen LogP contribution in [-0.2, 0) is 28.3 Å². The molecule has 9 heteroatoms. The van der Waals surface area contributed by atoms with E-state index < -0.39 is 18.2 Å². The number of oxime groups is 1. The van der Waals surface area contributed by atoms with Crippen LogP contribution < -0.4 is 0 Å². The zero-order valence-corrected chi connectivity index (χ0v) is 16.5. The van der Waals surface area contributed by atoms with Crippen molar-refractivity contribution in [1.82, 2.24) is 4.90 Å². The Hall–Kier alpha value is -2.09. The van der Waals surface area contributed by atoms with Crippen molar-refractivity contribution < 1.29 is 22.8 Å². The lowest BCUT2D eigenvalue weighted by molar-refractivity contribution is -0.275. The fourth-order valence-corrected chi connectivity index (χ4v) is 4.25. The third-order valence-corrected chi connectivity index (χ3v) is 5.61. The lowest BCUT2D eigenvalue weighted by Gasteiger charge is -2.29. The summed E-state index contributed by atoms with van der Waals surface area (Å²) in [5, 5.41) is 3.95. The van der Waals surface area contributed by atoms with E-state index in [0.29, 0.717) is 25.2 Å². The second-order valence-corrected chi connectivity index (χ2v) is 7.98. The van der Waals surface area contributed by atoms with E-state index in [1.807, 2.05) is 11.0 Å². The predicted molar refractivity (Wildman–Crippen MR) is 103 cm³/mol. The molecular formula is C20H15Cl2F3N2O2. The molecule has 0 radical (unpaired) electrons. The Morgan fingerprint density at radius 1 is 1.10 bits per heavy atom. The number of rotatable bonds is 4. The van der Waals surface area contributed by atoms with Gasteiger partial charge in [-0.15, -0.1) is 0 Å². The molecule has 0 saturated carbocycles. The van der Waals surface area contributed by atoms with Crippen molar-refractivity contribution in [3.8, 4) is 0 Å². The summed E-state index contributed by atoms with van der Waals surface area (Å²) in [6.07, 6.45) is -4.40. The van der Waals surface area contributed by atoms with Gasteiger partial charge in [0.05, 0.1) is 12.3 Å². The predicted octanol–water partition coefficient (Wildman–Crippen LogP) is 5.09. The van der Waals surface area contributed by atoms with Crippen LogP contribution in [0.4, 0.5) is 13.2 Å². The van der Waals surface area contributed by atoms with Gasteiger partial charge in [-0.3, -0.25) is 4.90 Å². The van der Waals surface area contributed by atoms with Gasteiger partial charge in [0.25, 0.3) is 5.60 Å². The summed E-state index contributed by atoms with van der Waals surface area (Å²) in [4.78, 5) is 17.7. The highest BCUT2D eigenvalue weighted by Gasteiger charge is 2.62. The third kappa shape index (κ3) is 3.63. The van der Waals surface area contributed by atoms with Crippen LogP contribution in [0.5, 0.6) is 0 Å². The number of fused-ring (bicyclic) bond motifs is 1. The molecule has 1 unspecified atom stereocenters. The van der Waals surface area contributed by atoms with Gasteiger partial charge in [0.15, 0.2) is 0 Å². The van der Waals surface area contributed by atoms with Crippen LogP contribution in [0.25, 0.3) is 0 Å². The van der Waals surface area contributed by atoms with Crippen molar-refractivity contribution in [3.05, 3.63) is 68.7 Å². The Kier molecular flexibility index (Phi) is 5.09. The van der Waals surface area contributed by atoms with Crippen molar-refractivity contribution >= 4 is 35.2 Å². The number of carbonyl (C=O) groups excluding carboxylic acids is 1. The molecule has 0 amide bonds. The number of hydrogen-bond acceptors (Lipinski definition) is 4. The molecule has 2 aliphatic rings. The van der Waals surface area contributed by atoms with Gasteiger partial charge in [-0.2, -0.15) is 13.2 Å². The van der Waals surface area contributed by atoms with E-state index in [-0.39, 0.29) is 21.3 Å². The largest absolute Gasteiger partial charge is 0.435 e. The van der Waals surface area contributed by atoms with Crippen LogP contribution in [-0.4, -0.2) is 29.6 Å². The van der Waals surface area contributed by atoms with Gasteiger partial charge in [0.1, 0.15) is 6.29 Å². The normalized spacial score (nSPS) is 21.6. The second-order valence-electron chi connectivity index (χ2n) is 7.11. The number of benzene rings is 2. The van der Waals surface area contributed by atoms with Crippen molar-refractivity contribution in [1.29, 1.82) is 0 Å². The lowest BCUT2D eigenvalue weighted by Crippen LogP contribution is -2.42. The minimum atomic E-state index is -4.73. The first-order valence-corrected chi connectivity index (χ1v) is 9.54. The molecule has 0 spiro atoms. The second kappa shape index (κ2) is 7.31. The number of halogens is 5. The molecule has 0 N–H and O–H groups in total. The van der Waals surface area contributed by atoms with Crippen LogP contribution in [0.15, 0.2) is 41.6 Å². The summed E-state index contributed by atoms with van der Waals surface area (Å²) in [6, 6.07) is 9.13. The molecule has 152 valence electrons. The molecule has 0 saturated heterocycles. The fourth-order valence-electron chi connectivity index (χ4n) is 3.72. The summed E-state index contributed by atoms with van der Waals surface area (Å²) in [7, 11) is 0. The van der Waals surface area contributed by atoms with E-state index in [4.69, 9.17) is 28.0 Å². The summed E-state index contributed by atoms with van der Waals surface area (Å²) in [5.74, 6) is 0. The van der Waals surface area contributed by atoms with Gasteiger partial charge in [0, 0.05) is 35.1 Å². The molecule has 2 aromatic carbocycles. The van der Waals surface area contributed by atoms with Crippen molar-refractivity contribution in [2.24, 2.45) is 5.16 Å². The molecule has 0 aromatic heterocycles. The average Bonchev–Trinajstić information content (AvgIpc) is 3.25. The minimum Gasteiger partial charge on any atom is -0.374 e. The first-order valence-electron chi connectivity index (χ1n) is 8.78. The van der Waals surface area contributed by atoms with Crippen molar-refractivity contribution in [2.75, 3.05) is 6.54 Å². The third-order valence-electron chi connectivity index (χ3n) is 5.17. The molecule has 2 aliphatic heterocycles. The molecule has 2 aromatic rings. The van der Waals surface area contributed by atoms with Gasteiger partial charge < -0.3 is 9.63 Å². The van der Waals surface area contributed by atoms with Gasteiger partial charge >= 0.3 is 6.18 Å². The van der Waals surface area contributed by atoms with Gasteiger partial charge in [0.2, 0.25) is 0 Å². The zero-order valence-electron chi connectivity index (χ0n) is 15.0. The zero-order chi connectivity index (χ0) is 20.8. The topological polar surface area (TPSA) is 41.9 Å². The Balaban J connectivity index is 1.66. The number of alkyl halides is 3. The van der Waals surface area contributed by atoms with Crippen molar-refractivity contribution in [3.63, 3.8) is 0 Å². The maximum atomic E-state index is 14.1. The molecule has 2 heterocycles. The van der Waals surface area contributed by atoms with Gasteiger partial charge in [-0.05, 0) is 41.0 Å². The molecule has 0 aliphatic carbocycles. The van der Waals surface area contributed by atoms with Crippen LogP contribution >= 0.6 is 23.2 Å². The highest BCUT2D eigenvalue weighted by Crippen LogP contribution is 2.49. The molecule has 0 fully saturated rings. The van der Waals surface area contributed by atoms with Crippen LogP contribution in [0.1, 0.15) is 28.7 Å². The highest BCUT2D eigenvalue weighted by molar-refractivity contribution is 6.34. The summed E-state index contributed by atoms with van der Waals surface area (Å²) >= 11 is 11.8. The number of aldehydes is 1. The van der Waals surface area contributed by atoms with Crippen LogP contribution in [0, 0.1) is 0 Å².